The van der Waals surface area contributed by atoms with Crippen LogP contribution in [-0.4, -0.2) is 45.2 Å². The third-order valence-corrected chi connectivity index (χ3v) is 4.32. The molecule has 1 atom stereocenters. The van der Waals surface area contributed by atoms with Crippen LogP contribution in [0.1, 0.15) is 13.3 Å². The van der Waals surface area contributed by atoms with Crippen LogP contribution >= 0.6 is 0 Å². The Morgan fingerprint density at radius 2 is 2.00 bits per heavy atom. The second-order valence-electron chi connectivity index (χ2n) is 5.59. The average Bonchev–Trinajstić information content (AvgIpc) is 2.46. The van der Waals surface area contributed by atoms with Crippen LogP contribution in [0.3, 0.4) is 0 Å². The van der Waals surface area contributed by atoms with Gasteiger partial charge >= 0.3 is 0 Å². The molecule has 1 aromatic carbocycles. The van der Waals surface area contributed by atoms with Crippen molar-refractivity contribution in [2.75, 3.05) is 43.5 Å². The number of hydrogen-bond acceptors (Lipinski definition) is 4. The van der Waals surface area contributed by atoms with E-state index in [-0.39, 0.29) is 5.91 Å². The largest absolute Gasteiger partial charge is 0.371 e. The fourth-order valence-electron chi connectivity index (χ4n) is 2.53. The maximum Gasteiger partial charge on any atom is 0.237 e. The average molecular weight is 276 g/mol. The van der Waals surface area contributed by atoms with Crippen LogP contribution in [0.15, 0.2) is 24.3 Å². The van der Waals surface area contributed by atoms with Crippen molar-refractivity contribution in [2.24, 2.45) is 5.73 Å². The van der Waals surface area contributed by atoms with Gasteiger partial charge in [0.1, 0.15) is 0 Å². The molecule has 3 N–H and O–H groups in total. The van der Waals surface area contributed by atoms with Gasteiger partial charge in [-0.2, -0.15) is 0 Å². The molecule has 0 saturated carbocycles. The Morgan fingerprint density at radius 1 is 1.35 bits per heavy atom. The van der Waals surface area contributed by atoms with E-state index in [1.165, 1.54) is 11.4 Å². The summed E-state index contributed by atoms with van der Waals surface area (Å²) in [6.07, 6.45) is 0.691. The van der Waals surface area contributed by atoms with Crippen LogP contribution in [0.2, 0.25) is 0 Å². The SMILES string of the molecule is CNC(C)(CCN1CCN(C)c2ccccc21)C(N)=O. The molecule has 0 bridgehead atoms. The highest BCUT2D eigenvalue weighted by Gasteiger charge is 2.30. The number of fused-ring (bicyclic) bond motifs is 1. The van der Waals surface area contributed by atoms with Gasteiger partial charge in [0.05, 0.1) is 16.9 Å². The first-order valence-corrected chi connectivity index (χ1v) is 7.02. The number of likely N-dealkylation sites (N-methyl/N-ethyl adjacent to an activating group) is 2. The Labute approximate surface area is 120 Å². The first kappa shape index (κ1) is 14.7. The van der Waals surface area contributed by atoms with Gasteiger partial charge in [-0.1, -0.05) is 12.1 Å². The number of nitrogens with two attached hydrogens (primary N) is 1. The van der Waals surface area contributed by atoms with Crippen LogP contribution in [0.5, 0.6) is 0 Å². The lowest BCUT2D eigenvalue weighted by Crippen LogP contribution is -2.53. The molecular weight excluding hydrogens is 252 g/mol. The quantitative estimate of drug-likeness (QED) is 0.835. The second-order valence-corrected chi connectivity index (χ2v) is 5.59. The molecule has 1 heterocycles. The van der Waals surface area contributed by atoms with Crippen molar-refractivity contribution >= 4 is 17.3 Å². The van der Waals surface area contributed by atoms with Crippen LogP contribution < -0.4 is 20.9 Å². The van der Waals surface area contributed by atoms with Crippen LogP contribution in [0.25, 0.3) is 0 Å². The fourth-order valence-corrected chi connectivity index (χ4v) is 2.53. The van der Waals surface area contributed by atoms with Gasteiger partial charge in [0.25, 0.3) is 0 Å². The van der Waals surface area contributed by atoms with E-state index in [0.29, 0.717) is 6.42 Å². The van der Waals surface area contributed by atoms with Crippen molar-refractivity contribution < 1.29 is 4.79 Å². The first-order chi connectivity index (χ1) is 9.48. The zero-order valence-electron chi connectivity index (χ0n) is 12.5. The van der Waals surface area contributed by atoms with Crippen molar-refractivity contribution in [1.82, 2.24) is 5.32 Å². The van der Waals surface area contributed by atoms with Gasteiger partial charge in [-0.15, -0.1) is 0 Å². The van der Waals surface area contributed by atoms with Gasteiger partial charge in [0, 0.05) is 26.7 Å². The van der Waals surface area contributed by atoms with Crippen molar-refractivity contribution in [3.8, 4) is 0 Å². The van der Waals surface area contributed by atoms with Crippen molar-refractivity contribution in [3.63, 3.8) is 0 Å². The molecule has 110 valence electrons. The van der Waals surface area contributed by atoms with Crippen LogP contribution in [0, 0.1) is 0 Å². The van der Waals surface area contributed by atoms with Gasteiger partial charge < -0.3 is 20.9 Å². The van der Waals surface area contributed by atoms with E-state index in [4.69, 9.17) is 5.73 Å². The zero-order valence-corrected chi connectivity index (χ0v) is 12.5. The molecule has 5 heteroatoms. The molecule has 1 aromatic rings. The third-order valence-electron chi connectivity index (χ3n) is 4.32. The number of carbonyl (C=O) groups excluding carboxylic acids is 1. The van der Waals surface area contributed by atoms with E-state index in [1.807, 2.05) is 6.92 Å². The Kier molecular flexibility index (Phi) is 4.18. The van der Waals surface area contributed by atoms with Gasteiger partial charge in [0.15, 0.2) is 0 Å². The zero-order chi connectivity index (χ0) is 14.8. The lowest BCUT2D eigenvalue weighted by molar-refractivity contribution is -0.123. The topological polar surface area (TPSA) is 61.6 Å². The molecule has 20 heavy (non-hydrogen) atoms. The number of hydrogen-bond donors (Lipinski definition) is 2. The summed E-state index contributed by atoms with van der Waals surface area (Å²) in [5, 5.41) is 3.04. The van der Waals surface area contributed by atoms with E-state index in [0.717, 1.165) is 19.6 Å². The molecule has 0 spiro atoms. The van der Waals surface area contributed by atoms with E-state index in [9.17, 15) is 4.79 Å². The molecule has 0 saturated heterocycles. The number of rotatable bonds is 5. The number of para-hydroxylation sites is 2. The summed E-state index contributed by atoms with van der Waals surface area (Å²) in [6, 6.07) is 8.37. The number of nitrogens with one attached hydrogen (secondary N) is 1. The minimum absolute atomic E-state index is 0.303. The predicted octanol–water partition coefficient (Wildman–Crippen LogP) is 0.796. The smallest absolute Gasteiger partial charge is 0.237 e. The third kappa shape index (κ3) is 2.72. The first-order valence-electron chi connectivity index (χ1n) is 7.02. The highest BCUT2D eigenvalue weighted by atomic mass is 16.1. The number of amides is 1. The Bertz CT molecular complexity index is 491. The molecule has 1 aliphatic heterocycles. The Morgan fingerprint density at radius 3 is 2.60 bits per heavy atom. The predicted molar refractivity (Wildman–Crippen MR) is 83.2 cm³/mol. The molecule has 0 aliphatic carbocycles. The van der Waals surface area contributed by atoms with Crippen molar-refractivity contribution in [3.05, 3.63) is 24.3 Å². The Balaban J connectivity index is 2.12. The second kappa shape index (κ2) is 5.71. The molecule has 5 nitrogen and oxygen atoms in total. The Hall–Kier alpha value is -1.75. The molecule has 1 aliphatic rings. The molecule has 2 rings (SSSR count). The standard InChI is InChI=1S/C15H24N4O/c1-15(17-2,14(16)20)8-9-19-11-10-18(3)12-6-4-5-7-13(12)19/h4-7,17H,8-11H2,1-3H3,(H2,16,20). The number of primary amides is 1. The number of anilines is 2. The normalized spacial score (nSPS) is 17.6. The maximum atomic E-state index is 11.6. The van der Waals surface area contributed by atoms with Gasteiger partial charge in [0.2, 0.25) is 5.91 Å². The van der Waals surface area contributed by atoms with Crippen LogP contribution in [0.4, 0.5) is 11.4 Å². The summed E-state index contributed by atoms with van der Waals surface area (Å²) >= 11 is 0. The summed E-state index contributed by atoms with van der Waals surface area (Å²) < 4.78 is 0. The number of benzene rings is 1. The lowest BCUT2D eigenvalue weighted by Gasteiger charge is -2.38. The van der Waals surface area contributed by atoms with E-state index >= 15 is 0 Å². The van der Waals surface area contributed by atoms with Crippen LogP contribution in [-0.2, 0) is 4.79 Å². The van der Waals surface area contributed by atoms with Crippen molar-refractivity contribution in [2.45, 2.75) is 18.9 Å². The summed E-state index contributed by atoms with van der Waals surface area (Å²) in [6.45, 7) is 4.62. The van der Waals surface area contributed by atoms with E-state index in [2.05, 4.69) is 46.4 Å². The van der Waals surface area contributed by atoms with E-state index < -0.39 is 5.54 Å². The lowest BCUT2D eigenvalue weighted by atomic mass is 9.96. The molecule has 0 aromatic heterocycles. The molecule has 1 unspecified atom stereocenters. The number of nitrogens with zero attached hydrogens (tertiary/aromatic N) is 2. The molecular formula is C15H24N4O. The number of carbonyl (C=O) groups is 1. The van der Waals surface area contributed by atoms with Crippen molar-refractivity contribution in [1.29, 1.82) is 0 Å². The molecule has 0 radical (unpaired) electrons. The summed E-state index contributed by atoms with van der Waals surface area (Å²) in [4.78, 5) is 16.1. The molecule has 0 fully saturated rings. The minimum Gasteiger partial charge on any atom is -0.371 e. The summed E-state index contributed by atoms with van der Waals surface area (Å²) in [5.74, 6) is -0.303. The summed E-state index contributed by atoms with van der Waals surface area (Å²) in [7, 11) is 3.89. The highest BCUT2D eigenvalue weighted by Crippen LogP contribution is 2.32. The van der Waals surface area contributed by atoms with Gasteiger partial charge in [-0.05, 0) is 32.5 Å². The minimum atomic E-state index is -0.654. The highest BCUT2D eigenvalue weighted by molar-refractivity contribution is 5.84. The summed E-state index contributed by atoms with van der Waals surface area (Å²) in [5.41, 5.74) is 7.30. The fraction of sp³-hybridized carbons (Fsp3) is 0.533. The van der Waals surface area contributed by atoms with E-state index in [1.54, 1.807) is 7.05 Å². The monoisotopic (exact) mass is 276 g/mol. The van der Waals surface area contributed by atoms with Gasteiger partial charge in [-0.3, -0.25) is 4.79 Å². The maximum absolute atomic E-state index is 11.6. The van der Waals surface area contributed by atoms with Gasteiger partial charge in [-0.25, -0.2) is 0 Å². The molecule has 1 amide bonds.